The standard InChI is InChI=1S/C20H19N5O2/c1-2-11-22-19(26)16-7-8-18(23-12-16)25-13-17(20(27)24-25)15-5-3-14(4-6-15)9-10-21/h3-8,12-13H,2,9,11H2,1H3,(H,22,26)(H,24,27). The molecule has 2 aromatic heterocycles. The van der Waals surface area contributed by atoms with Crippen LogP contribution in [0.5, 0.6) is 0 Å². The molecule has 3 aromatic rings. The van der Waals surface area contributed by atoms with E-state index in [1.54, 1.807) is 18.3 Å². The van der Waals surface area contributed by atoms with Crippen LogP contribution in [0.4, 0.5) is 0 Å². The van der Waals surface area contributed by atoms with Crippen LogP contribution < -0.4 is 10.9 Å². The molecule has 3 rings (SSSR count). The van der Waals surface area contributed by atoms with E-state index in [1.807, 2.05) is 31.2 Å². The number of carbonyl (C=O) groups excluding carboxylic acids is 1. The summed E-state index contributed by atoms with van der Waals surface area (Å²) in [5, 5.41) is 14.3. The van der Waals surface area contributed by atoms with Crippen molar-refractivity contribution in [3.8, 4) is 23.0 Å². The largest absolute Gasteiger partial charge is 0.352 e. The lowest BCUT2D eigenvalue weighted by molar-refractivity contribution is 0.0953. The Morgan fingerprint density at radius 3 is 2.67 bits per heavy atom. The van der Waals surface area contributed by atoms with E-state index < -0.39 is 0 Å². The highest BCUT2D eigenvalue weighted by atomic mass is 16.1. The number of amides is 1. The van der Waals surface area contributed by atoms with Crippen LogP contribution in [0.15, 0.2) is 53.6 Å². The number of nitriles is 1. The first-order valence-corrected chi connectivity index (χ1v) is 8.65. The van der Waals surface area contributed by atoms with Gasteiger partial charge in [0.05, 0.1) is 23.6 Å². The van der Waals surface area contributed by atoms with Gasteiger partial charge < -0.3 is 5.32 Å². The quantitative estimate of drug-likeness (QED) is 0.703. The minimum absolute atomic E-state index is 0.171. The van der Waals surface area contributed by atoms with Crippen molar-refractivity contribution in [1.82, 2.24) is 20.1 Å². The van der Waals surface area contributed by atoms with Crippen molar-refractivity contribution in [1.29, 1.82) is 5.26 Å². The molecular formula is C20H19N5O2. The predicted molar refractivity (Wildman–Crippen MR) is 102 cm³/mol. The van der Waals surface area contributed by atoms with Gasteiger partial charge in [0.2, 0.25) is 0 Å². The third-order valence-corrected chi connectivity index (χ3v) is 4.07. The number of carbonyl (C=O) groups is 1. The summed E-state index contributed by atoms with van der Waals surface area (Å²) in [7, 11) is 0. The Hall–Kier alpha value is -3.66. The fourth-order valence-corrected chi connectivity index (χ4v) is 2.62. The molecule has 0 aliphatic heterocycles. The third kappa shape index (κ3) is 4.12. The molecule has 0 spiro atoms. The summed E-state index contributed by atoms with van der Waals surface area (Å²) in [6.07, 6.45) is 4.34. The summed E-state index contributed by atoms with van der Waals surface area (Å²) in [4.78, 5) is 28.5. The monoisotopic (exact) mass is 361 g/mol. The lowest BCUT2D eigenvalue weighted by Gasteiger charge is -2.05. The van der Waals surface area contributed by atoms with Gasteiger partial charge in [-0.15, -0.1) is 0 Å². The van der Waals surface area contributed by atoms with E-state index >= 15 is 0 Å². The van der Waals surface area contributed by atoms with Crippen LogP contribution in [0.2, 0.25) is 0 Å². The molecule has 0 fully saturated rings. The van der Waals surface area contributed by atoms with Crippen LogP contribution in [-0.2, 0) is 6.42 Å². The maximum Gasteiger partial charge on any atom is 0.272 e. The average molecular weight is 361 g/mol. The van der Waals surface area contributed by atoms with E-state index in [0.717, 1.165) is 17.5 Å². The Balaban J connectivity index is 1.83. The minimum Gasteiger partial charge on any atom is -0.352 e. The van der Waals surface area contributed by atoms with Gasteiger partial charge in [-0.25, -0.2) is 9.67 Å². The lowest BCUT2D eigenvalue weighted by Crippen LogP contribution is -2.24. The van der Waals surface area contributed by atoms with Gasteiger partial charge >= 0.3 is 0 Å². The van der Waals surface area contributed by atoms with Gasteiger partial charge in [0.15, 0.2) is 5.82 Å². The zero-order valence-electron chi connectivity index (χ0n) is 14.9. The second kappa shape index (κ2) is 8.15. The summed E-state index contributed by atoms with van der Waals surface area (Å²) in [6, 6.07) is 12.7. The molecule has 0 saturated heterocycles. The van der Waals surface area contributed by atoms with Crippen molar-refractivity contribution >= 4 is 5.91 Å². The molecule has 0 unspecified atom stereocenters. The second-order valence-electron chi connectivity index (χ2n) is 6.05. The summed E-state index contributed by atoms with van der Waals surface area (Å²) in [5.74, 6) is 0.335. The van der Waals surface area contributed by atoms with Crippen LogP contribution >= 0.6 is 0 Å². The average Bonchev–Trinajstić information content (AvgIpc) is 3.09. The van der Waals surface area contributed by atoms with Crippen molar-refractivity contribution in [3.05, 3.63) is 70.3 Å². The number of nitrogens with one attached hydrogen (secondary N) is 2. The molecule has 1 amide bonds. The first kappa shape index (κ1) is 18.1. The molecule has 0 bridgehead atoms. The maximum atomic E-state index is 12.3. The molecule has 7 nitrogen and oxygen atoms in total. The molecule has 0 radical (unpaired) electrons. The first-order chi connectivity index (χ1) is 13.1. The number of aromatic nitrogens is 3. The number of H-pyrrole nitrogens is 1. The lowest BCUT2D eigenvalue weighted by atomic mass is 10.1. The van der Waals surface area contributed by atoms with Crippen molar-refractivity contribution in [2.75, 3.05) is 6.54 Å². The Bertz CT molecular complexity index is 1020. The summed E-state index contributed by atoms with van der Waals surface area (Å²) in [6.45, 7) is 2.60. The topological polar surface area (TPSA) is 104 Å². The van der Waals surface area contributed by atoms with E-state index in [2.05, 4.69) is 21.5 Å². The number of aromatic amines is 1. The van der Waals surface area contributed by atoms with Gasteiger partial charge in [-0.2, -0.15) is 5.26 Å². The number of nitrogens with zero attached hydrogens (tertiary/aromatic N) is 3. The molecule has 136 valence electrons. The Morgan fingerprint density at radius 1 is 1.26 bits per heavy atom. The molecular weight excluding hydrogens is 342 g/mol. The molecule has 27 heavy (non-hydrogen) atoms. The fourth-order valence-electron chi connectivity index (χ4n) is 2.62. The Morgan fingerprint density at radius 2 is 2.04 bits per heavy atom. The zero-order valence-corrected chi connectivity index (χ0v) is 14.9. The number of pyridine rings is 1. The van der Waals surface area contributed by atoms with Crippen LogP contribution in [0.25, 0.3) is 16.9 Å². The minimum atomic E-state index is -0.241. The summed E-state index contributed by atoms with van der Waals surface area (Å²) >= 11 is 0. The molecule has 2 heterocycles. The van der Waals surface area contributed by atoms with Gasteiger partial charge in [-0.3, -0.25) is 14.7 Å². The first-order valence-electron chi connectivity index (χ1n) is 8.65. The number of hydrogen-bond acceptors (Lipinski definition) is 4. The molecule has 0 atom stereocenters. The van der Waals surface area contributed by atoms with Crippen molar-refractivity contribution in [2.24, 2.45) is 0 Å². The Kier molecular flexibility index (Phi) is 5.47. The summed E-state index contributed by atoms with van der Waals surface area (Å²) in [5.41, 5.74) is 2.39. The molecule has 1 aromatic carbocycles. The van der Waals surface area contributed by atoms with Gasteiger partial charge in [-0.05, 0) is 29.7 Å². The van der Waals surface area contributed by atoms with E-state index in [9.17, 15) is 9.59 Å². The summed E-state index contributed by atoms with van der Waals surface area (Å²) < 4.78 is 1.52. The number of hydrogen-bond donors (Lipinski definition) is 2. The molecule has 0 aliphatic rings. The number of rotatable bonds is 6. The molecule has 7 heteroatoms. The SMILES string of the molecule is CCCNC(=O)c1ccc(-n2cc(-c3ccc(CC#N)cc3)c(=O)[nH]2)nc1. The molecule has 0 aliphatic carbocycles. The normalized spacial score (nSPS) is 10.4. The van der Waals surface area contributed by atoms with Gasteiger partial charge in [-0.1, -0.05) is 31.2 Å². The Labute approximate surface area is 156 Å². The van der Waals surface area contributed by atoms with Crippen molar-refractivity contribution < 1.29 is 4.79 Å². The van der Waals surface area contributed by atoms with Crippen LogP contribution in [-0.4, -0.2) is 27.2 Å². The van der Waals surface area contributed by atoms with E-state index in [0.29, 0.717) is 29.9 Å². The van der Waals surface area contributed by atoms with E-state index in [1.165, 1.54) is 10.9 Å². The number of benzene rings is 1. The highest BCUT2D eigenvalue weighted by Gasteiger charge is 2.10. The second-order valence-corrected chi connectivity index (χ2v) is 6.05. The smallest absolute Gasteiger partial charge is 0.272 e. The van der Waals surface area contributed by atoms with Crippen molar-refractivity contribution in [2.45, 2.75) is 19.8 Å². The predicted octanol–water partition coefficient (Wildman–Crippen LogP) is 2.43. The van der Waals surface area contributed by atoms with E-state index in [-0.39, 0.29) is 11.5 Å². The van der Waals surface area contributed by atoms with Crippen LogP contribution in [0.3, 0.4) is 0 Å². The van der Waals surface area contributed by atoms with E-state index in [4.69, 9.17) is 5.26 Å². The van der Waals surface area contributed by atoms with Crippen LogP contribution in [0.1, 0.15) is 29.3 Å². The van der Waals surface area contributed by atoms with Gasteiger partial charge in [0.25, 0.3) is 11.5 Å². The fraction of sp³-hybridized carbons (Fsp3) is 0.200. The van der Waals surface area contributed by atoms with Crippen molar-refractivity contribution in [3.63, 3.8) is 0 Å². The molecule has 0 saturated carbocycles. The van der Waals surface area contributed by atoms with Crippen LogP contribution in [0, 0.1) is 11.3 Å². The van der Waals surface area contributed by atoms with Gasteiger partial charge in [0.1, 0.15) is 0 Å². The molecule has 2 N–H and O–H groups in total. The maximum absolute atomic E-state index is 12.3. The van der Waals surface area contributed by atoms with Gasteiger partial charge in [0, 0.05) is 18.9 Å². The highest BCUT2D eigenvalue weighted by molar-refractivity contribution is 5.93. The zero-order chi connectivity index (χ0) is 19.2. The highest BCUT2D eigenvalue weighted by Crippen LogP contribution is 2.17. The third-order valence-electron chi connectivity index (χ3n) is 4.07.